The van der Waals surface area contributed by atoms with Gasteiger partial charge in [-0.3, -0.25) is 9.78 Å². The van der Waals surface area contributed by atoms with Gasteiger partial charge in [0.05, 0.1) is 17.1 Å². The second-order valence-electron chi connectivity index (χ2n) is 6.86. The summed E-state index contributed by atoms with van der Waals surface area (Å²) in [7, 11) is 0. The number of carbonyl (C=O) groups excluding carboxylic acids is 1. The highest BCUT2D eigenvalue weighted by Crippen LogP contribution is 2.25. The van der Waals surface area contributed by atoms with Crippen molar-refractivity contribution in [2.24, 2.45) is 5.92 Å². The molecule has 2 aromatic heterocycles. The molecule has 2 aromatic carbocycles. The van der Waals surface area contributed by atoms with Gasteiger partial charge in [0.15, 0.2) is 0 Å². The van der Waals surface area contributed by atoms with Crippen LogP contribution in [0.3, 0.4) is 0 Å². The monoisotopic (exact) mass is 358 g/mol. The van der Waals surface area contributed by atoms with Gasteiger partial charge >= 0.3 is 0 Å². The summed E-state index contributed by atoms with van der Waals surface area (Å²) in [5.41, 5.74) is 2.31. The second-order valence-corrected chi connectivity index (χ2v) is 6.86. The zero-order chi connectivity index (χ0) is 18.8. The molecule has 0 fully saturated rings. The molecular formula is C22H22N4O. The number of hydrogen-bond donors (Lipinski definition) is 2. The maximum absolute atomic E-state index is 13.1. The molecule has 136 valence electrons. The van der Waals surface area contributed by atoms with E-state index in [1.807, 2.05) is 54.6 Å². The number of aromatic amines is 1. The van der Waals surface area contributed by atoms with E-state index in [2.05, 4.69) is 29.1 Å². The lowest BCUT2D eigenvalue weighted by molar-refractivity contribution is 0.0917. The van der Waals surface area contributed by atoms with Gasteiger partial charge in [-0.25, -0.2) is 4.98 Å². The highest BCUT2D eigenvalue weighted by molar-refractivity contribution is 6.05. The van der Waals surface area contributed by atoms with Crippen molar-refractivity contribution in [2.45, 2.75) is 26.3 Å². The molecule has 2 unspecified atom stereocenters. The van der Waals surface area contributed by atoms with Gasteiger partial charge in [0.2, 0.25) is 0 Å². The number of nitrogens with one attached hydrogen (secondary N) is 2. The first kappa shape index (κ1) is 17.2. The van der Waals surface area contributed by atoms with E-state index < -0.39 is 0 Å². The van der Waals surface area contributed by atoms with Crippen molar-refractivity contribution in [1.82, 2.24) is 20.3 Å². The van der Waals surface area contributed by atoms with Gasteiger partial charge in [-0.05, 0) is 29.5 Å². The van der Waals surface area contributed by atoms with Crippen LogP contribution in [0.15, 0.2) is 60.8 Å². The summed E-state index contributed by atoms with van der Waals surface area (Å²) in [6.45, 7) is 4.23. The minimum absolute atomic E-state index is 0.183. The van der Waals surface area contributed by atoms with Gasteiger partial charge in [0.1, 0.15) is 11.5 Å². The van der Waals surface area contributed by atoms with E-state index in [1.165, 1.54) is 0 Å². The maximum atomic E-state index is 13.1. The molecule has 2 heterocycles. The Hall–Kier alpha value is -3.21. The zero-order valence-electron chi connectivity index (χ0n) is 15.4. The average molecular weight is 358 g/mol. The summed E-state index contributed by atoms with van der Waals surface area (Å²) >= 11 is 0. The SMILES string of the molecule is CCC(C)C(NC(=O)c1nccc2ccccc12)c1nc2ccccc2[nH]1. The maximum Gasteiger partial charge on any atom is 0.271 e. The van der Waals surface area contributed by atoms with Gasteiger partial charge in [-0.2, -0.15) is 0 Å². The number of aromatic nitrogens is 3. The molecule has 1 amide bonds. The van der Waals surface area contributed by atoms with Crippen LogP contribution in [0.4, 0.5) is 0 Å². The summed E-state index contributed by atoms with van der Waals surface area (Å²) in [5.74, 6) is 0.821. The van der Waals surface area contributed by atoms with Crippen molar-refractivity contribution in [3.63, 3.8) is 0 Å². The third-order valence-electron chi connectivity index (χ3n) is 5.09. The first-order valence-electron chi connectivity index (χ1n) is 9.26. The van der Waals surface area contributed by atoms with Crippen molar-refractivity contribution < 1.29 is 4.79 Å². The van der Waals surface area contributed by atoms with Crippen LogP contribution in [-0.2, 0) is 0 Å². The summed E-state index contributed by atoms with van der Waals surface area (Å²) in [6.07, 6.45) is 2.60. The van der Waals surface area contributed by atoms with Crippen LogP contribution in [-0.4, -0.2) is 20.9 Å². The highest BCUT2D eigenvalue weighted by atomic mass is 16.2. The second kappa shape index (κ2) is 7.19. The molecule has 2 N–H and O–H groups in total. The first-order valence-corrected chi connectivity index (χ1v) is 9.26. The van der Waals surface area contributed by atoms with Gasteiger partial charge in [0.25, 0.3) is 5.91 Å². The Labute approximate surface area is 157 Å². The normalized spacial score (nSPS) is 13.6. The number of pyridine rings is 1. The van der Waals surface area contributed by atoms with Crippen molar-refractivity contribution in [3.8, 4) is 0 Å². The van der Waals surface area contributed by atoms with Crippen molar-refractivity contribution in [3.05, 3.63) is 72.3 Å². The number of fused-ring (bicyclic) bond motifs is 2. The van der Waals surface area contributed by atoms with E-state index in [0.29, 0.717) is 5.69 Å². The highest BCUT2D eigenvalue weighted by Gasteiger charge is 2.25. The third kappa shape index (κ3) is 3.28. The Bertz CT molecular complexity index is 1060. The molecule has 0 saturated heterocycles. The molecule has 0 saturated carbocycles. The Balaban J connectivity index is 1.70. The standard InChI is InChI=1S/C22H22N4O/c1-3-14(2)19(21-24-17-10-6-7-11-18(17)25-21)26-22(27)20-16-9-5-4-8-15(16)12-13-23-20/h4-14,19H,3H2,1-2H3,(H,24,25)(H,26,27). The number of para-hydroxylation sites is 2. The van der Waals surface area contributed by atoms with E-state index in [9.17, 15) is 4.79 Å². The smallest absolute Gasteiger partial charge is 0.271 e. The van der Waals surface area contributed by atoms with Crippen LogP contribution in [0.5, 0.6) is 0 Å². The van der Waals surface area contributed by atoms with Gasteiger partial charge in [0, 0.05) is 11.6 Å². The molecule has 5 heteroatoms. The molecule has 0 aliphatic carbocycles. The summed E-state index contributed by atoms with van der Waals surface area (Å²) in [5, 5.41) is 5.01. The molecule has 0 aliphatic rings. The lowest BCUT2D eigenvalue weighted by atomic mass is 9.98. The van der Waals surface area contributed by atoms with E-state index >= 15 is 0 Å². The van der Waals surface area contributed by atoms with E-state index in [4.69, 9.17) is 4.98 Å². The molecule has 0 spiro atoms. The average Bonchev–Trinajstić information content (AvgIpc) is 3.14. The molecule has 0 radical (unpaired) electrons. The van der Waals surface area contributed by atoms with Crippen LogP contribution < -0.4 is 5.32 Å². The number of amides is 1. The van der Waals surface area contributed by atoms with Crippen molar-refractivity contribution >= 4 is 27.7 Å². The summed E-state index contributed by atoms with van der Waals surface area (Å²) < 4.78 is 0. The number of nitrogens with zero attached hydrogens (tertiary/aromatic N) is 2. The third-order valence-corrected chi connectivity index (χ3v) is 5.09. The Morgan fingerprint density at radius 3 is 2.70 bits per heavy atom. The predicted octanol–water partition coefficient (Wildman–Crippen LogP) is 4.63. The fraction of sp³-hybridized carbons (Fsp3) is 0.227. The number of imidazole rings is 1. The van der Waals surface area contributed by atoms with E-state index in [-0.39, 0.29) is 17.9 Å². The number of H-pyrrole nitrogens is 1. The van der Waals surface area contributed by atoms with Gasteiger partial charge < -0.3 is 10.3 Å². The lowest BCUT2D eigenvalue weighted by Gasteiger charge is -2.22. The number of carbonyl (C=O) groups is 1. The Morgan fingerprint density at radius 1 is 1.11 bits per heavy atom. The zero-order valence-corrected chi connectivity index (χ0v) is 15.4. The fourth-order valence-corrected chi connectivity index (χ4v) is 3.35. The Morgan fingerprint density at radius 2 is 1.89 bits per heavy atom. The molecular weight excluding hydrogens is 336 g/mol. The van der Waals surface area contributed by atoms with Crippen molar-refractivity contribution in [1.29, 1.82) is 0 Å². The number of rotatable bonds is 5. The molecule has 4 rings (SSSR count). The molecule has 2 atom stereocenters. The van der Waals surface area contributed by atoms with Crippen LogP contribution in [0.25, 0.3) is 21.8 Å². The molecule has 5 nitrogen and oxygen atoms in total. The molecule has 0 bridgehead atoms. The largest absolute Gasteiger partial charge is 0.340 e. The molecule has 0 aliphatic heterocycles. The topological polar surface area (TPSA) is 70.7 Å². The van der Waals surface area contributed by atoms with Gasteiger partial charge in [-0.1, -0.05) is 56.7 Å². The fourth-order valence-electron chi connectivity index (χ4n) is 3.35. The minimum atomic E-state index is -0.212. The predicted molar refractivity (Wildman–Crippen MR) is 107 cm³/mol. The summed E-state index contributed by atoms with van der Waals surface area (Å²) in [6, 6.07) is 17.4. The minimum Gasteiger partial charge on any atom is -0.340 e. The lowest BCUT2D eigenvalue weighted by Crippen LogP contribution is -2.33. The van der Waals surface area contributed by atoms with Crippen LogP contribution in [0.2, 0.25) is 0 Å². The van der Waals surface area contributed by atoms with E-state index in [1.54, 1.807) is 6.20 Å². The van der Waals surface area contributed by atoms with Crippen LogP contribution in [0, 0.1) is 5.92 Å². The first-order chi connectivity index (χ1) is 13.2. The van der Waals surface area contributed by atoms with Crippen LogP contribution in [0.1, 0.15) is 42.6 Å². The molecule has 4 aromatic rings. The Kier molecular flexibility index (Phi) is 4.59. The number of hydrogen-bond acceptors (Lipinski definition) is 3. The van der Waals surface area contributed by atoms with Crippen LogP contribution >= 0.6 is 0 Å². The van der Waals surface area contributed by atoms with Gasteiger partial charge in [-0.15, -0.1) is 0 Å². The number of benzene rings is 2. The van der Waals surface area contributed by atoms with Crippen molar-refractivity contribution in [2.75, 3.05) is 0 Å². The summed E-state index contributed by atoms with van der Waals surface area (Å²) in [4.78, 5) is 25.5. The van der Waals surface area contributed by atoms with E-state index in [0.717, 1.165) is 34.1 Å². The molecule has 27 heavy (non-hydrogen) atoms. The quantitative estimate of drug-likeness (QED) is 0.546.